The molecule has 13 nitrogen and oxygen atoms in total. The first-order valence-corrected chi connectivity index (χ1v) is 22.2. The number of carboxylic acids is 1. The average Bonchev–Trinajstić information content (AvgIpc) is 3.65. The Labute approximate surface area is 345 Å². The number of hydrogen-bond donors (Lipinski definition) is 5. The largest absolute Gasteiger partial charge is 0.508 e. The maximum atomic E-state index is 14.7. The quantitative estimate of drug-likeness (QED) is 0.0420. The molecule has 2 aromatic rings. The minimum atomic E-state index is -0.985. The molecule has 1 saturated heterocycles. The fourth-order valence-electron chi connectivity index (χ4n) is 6.88. The van der Waals surface area contributed by atoms with Gasteiger partial charge in [0.25, 0.3) is 5.91 Å². The third-order valence-corrected chi connectivity index (χ3v) is 12.8. The van der Waals surface area contributed by atoms with E-state index in [0.717, 1.165) is 42.7 Å². The monoisotopic (exact) mass is 835 g/mol. The molecule has 56 heavy (non-hydrogen) atoms. The van der Waals surface area contributed by atoms with Crippen molar-refractivity contribution in [2.24, 2.45) is 17.8 Å². The van der Waals surface area contributed by atoms with Crippen molar-refractivity contribution in [2.45, 2.75) is 117 Å². The van der Waals surface area contributed by atoms with Crippen molar-refractivity contribution in [3.63, 3.8) is 0 Å². The Balaban J connectivity index is 1.91. The number of carbonyl (C=O) groups excluding carboxylic acids is 4. The summed E-state index contributed by atoms with van der Waals surface area (Å²) in [5.41, 5.74) is 0.897. The molecule has 1 aliphatic rings. The average molecular weight is 836 g/mol. The molecule has 3 amide bonds. The van der Waals surface area contributed by atoms with Crippen LogP contribution in [0.4, 0.5) is 0 Å². The minimum Gasteiger partial charge on any atom is -0.508 e. The zero-order valence-corrected chi connectivity index (χ0v) is 36.3. The van der Waals surface area contributed by atoms with Crippen LogP contribution in [0.1, 0.15) is 107 Å². The fourth-order valence-corrected chi connectivity index (χ4v) is 8.88. The van der Waals surface area contributed by atoms with Crippen LogP contribution in [0.25, 0.3) is 0 Å². The van der Waals surface area contributed by atoms with Crippen molar-refractivity contribution in [1.82, 2.24) is 25.4 Å². The summed E-state index contributed by atoms with van der Waals surface area (Å²) in [6.45, 7) is 11.7. The zero-order valence-electron chi connectivity index (χ0n) is 33.7. The van der Waals surface area contributed by atoms with Gasteiger partial charge in [-0.05, 0) is 74.6 Å². The number of aliphatic carboxylic acids is 1. The molecule has 1 aliphatic heterocycles. The highest BCUT2D eigenvalue weighted by Crippen LogP contribution is 2.32. The second kappa shape index (κ2) is 23.2. The third kappa shape index (κ3) is 14.2. The number of likely N-dealkylation sites (N-methyl/N-ethyl adjacent to an activating group) is 1. The third-order valence-electron chi connectivity index (χ3n) is 10.4. The molecular formula is C40H61N5O8S3. The molecule has 0 saturated carbocycles. The number of aromatic hydroxyl groups is 1. The molecule has 1 aromatic carbocycles. The Kier molecular flexibility index (Phi) is 19.5. The Morgan fingerprint density at radius 3 is 2.38 bits per heavy atom. The molecule has 4 N–H and O–H groups in total. The van der Waals surface area contributed by atoms with E-state index in [1.165, 1.54) is 19.1 Å². The van der Waals surface area contributed by atoms with Crippen molar-refractivity contribution in [2.75, 3.05) is 31.0 Å². The molecule has 0 spiro atoms. The number of ether oxygens (including phenoxy) is 1. The molecule has 1 fully saturated rings. The molecule has 0 aliphatic carbocycles. The second-order valence-corrected chi connectivity index (χ2v) is 17.6. The number of piperidine rings is 1. The predicted octanol–water partition coefficient (Wildman–Crippen LogP) is 5.78. The van der Waals surface area contributed by atoms with Crippen LogP contribution in [-0.2, 0) is 30.3 Å². The van der Waals surface area contributed by atoms with Crippen LogP contribution in [0.15, 0.2) is 29.6 Å². The number of carboxylic acid groups (broad SMARTS) is 1. The summed E-state index contributed by atoms with van der Waals surface area (Å²) in [4.78, 5) is 74.7. The molecule has 7 atom stereocenters. The summed E-state index contributed by atoms with van der Waals surface area (Å²) in [5.74, 6) is -1.61. The van der Waals surface area contributed by atoms with E-state index in [1.807, 2.05) is 39.6 Å². The number of carbonyl (C=O) groups is 5. The first kappa shape index (κ1) is 47.0. The van der Waals surface area contributed by atoms with E-state index in [-0.39, 0.29) is 54.0 Å². The van der Waals surface area contributed by atoms with E-state index in [4.69, 9.17) is 4.74 Å². The molecule has 1 aromatic heterocycles. The first-order valence-electron chi connectivity index (χ1n) is 19.5. The number of nitrogens with one attached hydrogen (secondary N) is 2. The standard InChI is InChI=1S/C40H61N5O8S3/c1-8-25(4)35(43-37(49)32-11-9-10-16-44(32)7)39(50)45(23-55-18-17-54)33(24(2)3)21-34(53-27(6)46)38-42-31(22-56-38)36(48)41-29(19-26(5)40(51)52)20-28-12-14-30(47)15-13-28/h12-15,22,24-26,29,32-35,47,54H,8-11,16-21,23H2,1-7H3,(H,41,48)(H,43,49)(H,51,52)/t25-,26-,29+,32+,33+,34+,35-/m0/s1. The number of phenolic OH excluding ortho intramolecular Hbond substituents is 1. The summed E-state index contributed by atoms with van der Waals surface area (Å²) in [6.07, 6.45) is 3.20. The van der Waals surface area contributed by atoms with Gasteiger partial charge in [0.1, 0.15) is 22.5 Å². The highest BCUT2D eigenvalue weighted by atomic mass is 32.2. The number of hydrogen-bond acceptors (Lipinski definition) is 12. The second-order valence-electron chi connectivity index (χ2n) is 15.2. The molecule has 3 rings (SSSR count). The van der Waals surface area contributed by atoms with Crippen LogP contribution in [0, 0.1) is 17.8 Å². The van der Waals surface area contributed by atoms with Gasteiger partial charge in [-0.25, -0.2) is 4.98 Å². The van der Waals surface area contributed by atoms with Crippen molar-refractivity contribution in [3.05, 3.63) is 45.9 Å². The fraction of sp³-hybridized carbons (Fsp3) is 0.650. The molecule has 2 heterocycles. The number of rotatable bonds is 22. The zero-order chi connectivity index (χ0) is 41.5. The highest BCUT2D eigenvalue weighted by Gasteiger charge is 2.39. The van der Waals surface area contributed by atoms with Gasteiger partial charge in [0, 0.05) is 36.6 Å². The number of thioether (sulfide) groups is 1. The molecule has 16 heteroatoms. The van der Waals surface area contributed by atoms with E-state index in [9.17, 15) is 34.2 Å². The van der Waals surface area contributed by atoms with Gasteiger partial charge >= 0.3 is 11.9 Å². The van der Waals surface area contributed by atoms with E-state index < -0.39 is 48.0 Å². The van der Waals surface area contributed by atoms with Crippen molar-refractivity contribution in [3.8, 4) is 5.75 Å². The van der Waals surface area contributed by atoms with Gasteiger partial charge in [-0.15, -0.1) is 23.1 Å². The number of benzene rings is 1. The summed E-state index contributed by atoms with van der Waals surface area (Å²) in [7, 11) is 1.94. The summed E-state index contributed by atoms with van der Waals surface area (Å²) >= 11 is 7.11. The number of phenols is 1. The number of likely N-dealkylation sites (tertiary alicyclic amines) is 1. The molecule has 0 radical (unpaired) electrons. The lowest BCUT2D eigenvalue weighted by Crippen LogP contribution is -2.58. The Hall–Kier alpha value is -3.34. The number of thiazole rings is 1. The Morgan fingerprint density at radius 2 is 1.79 bits per heavy atom. The maximum Gasteiger partial charge on any atom is 0.306 e. The van der Waals surface area contributed by atoms with E-state index >= 15 is 0 Å². The van der Waals surface area contributed by atoms with Crippen LogP contribution in [0.5, 0.6) is 5.75 Å². The van der Waals surface area contributed by atoms with E-state index in [2.05, 4.69) is 28.2 Å². The van der Waals surface area contributed by atoms with E-state index in [1.54, 1.807) is 41.1 Å². The van der Waals surface area contributed by atoms with Gasteiger partial charge in [-0.1, -0.05) is 59.6 Å². The number of nitrogens with zero attached hydrogens (tertiary/aromatic N) is 3. The summed E-state index contributed by atoms with van der Waals surface area (Å²) in [5, 5.41) is 27.3. The Morgan fingerprint density at radius 1 is 1.09 bits per heavy atom. The molecular weight excluding hydrogens is 775 g/mol. The topological polar surface area (TPSA) is 178 Å². The molecule has 312 valence electrons. The minimum absolute atomic E-state index is 0.0893. The van der Waals surface area contributed by atoms with Crippen LogP contribution in [0.2, 0.25) is 0 Å². The van der Waals surface area contributed by atoms with Crippen molar-refractivity contribution >= 4 is 65.4 Å². The maximum absolute atomic E-state index is 14.7. The van der Waals surface area contributed by atoms with Gasteiger partial charge in [0.2, 0.25) is 11.8 Å². The number of amides is 3. The smallest absolute Gasteiger partial charge is 0.306 e. The van der Waals surface area contributed by atoms with Gasteiger partial charge in [0.15, 0.2) is 6.10 Å². The predicted molar refractivity (Wildman–Crippen MR) is 224 cm³/mol. The lowest BCUT2D eigenvalue weighted by molar-refractivity contribution is -0.149. The van der Waals surface area contributed by atoms with Crippen molar-refractivity contribution in [1.29, 1.82) is 0 Å². The molecule has 0 unspecified atom stereocenters. The van der Waals surface area contributed by atoms with Crippen LogP contribution < -0.4 is 10.6 Å². The number of esters is 1. The normalized spacial score (nSPS) is 17.9. The van der Waals surface area contributed by atoms with Crippen LogP contribution in [-0.4, -0.2) is 110 Å². The van der Waals surface area contributed by atoms with Crippen molar-refractivity contribution < 1.29 is 38.9 Å². The number of thiol groups is 1. The van der Waals surface area contributed by atoms with Gasteiger partial charge < -0.3 is 30.5 Å². The summed E-state index contributed by atoms with van der Waals surface area (Å²) < 4.78 is 5.86. The van der Waals surface area contributed by atoms with Gasteiger partial charge in [-0.3, -0.25) is 28.9 Å². The number of aromatic nitrogens is 1. The summed E-state index contributed by atoms with van der Waals surface area (Å²) in [6, 6.07) is 4.45. The van der Waals surface area contributed by atoms with E-state index in [0.29, 0.717) is 35.2 Å². The lowest BCUT2D eigenvalue weighted by atomic mass is 9.92. The SMILES string of the molecule is CC[C@H](C)[C@H](NC(=O)[C@H]1CCCCN1C)C(=O)N(CSCCS)[C@H](C[C@@H](OC(C)=O)c1nc(C(=O)N[C@@H](Cc2ccc(O)cc2)C[C@H](C)C(=O)O)cs1)C(C)C. The highest BCUT2D eigenvalue weighted by molar-refractivity contribution is 7.99. The van der Waals surface area contributed by atoms with Crippen LogP contribution >= 0.6 is 35.7 Å². The first-order chi connectivity index (χ1) is 26.6. The Bertz CT molecular complexity index is 1590. The lowest BCUT2D eigenvalue weighted by Gasteiger charge is -2.40. The van der Waals surface area contributed by atoms with Gasteiger partial charge in [-0.2, -0.15) is 12.6 Å². The molecule has 0 bridgehead atoms. The van der Waals surface area contributed by atoms with Crippen LogP contribution in [0.3, 0.4) is 0 Å². The van der Waals surface area contributed by atoms with Gasteiger partial charge in [0.05, 0.1) is 17.8 Å².